The summed E-state index contributed by atoms with van der Waals surface area (Å²) in [6.45, 7) is 4.26. The van der Waals surface area contributed by atoms with Gasteiger partial charge in [-0.15, -0.1) is 5.10 Å². The lowest BCUT2D eigenvalue weighted by atomic mass is 10.2. The van der Waals surface area contributed by atoms with E-state index in [-0.39, 0.29) is 5.97 Å². The van der Waals surface area contributed by atoms with Crippen LogP contribution in [0.25, 0.3) is 22.4 Å². The first kappa shape index (κ1) is 19.7. The van der Waals surface area contributed by atoms with E-state index in [1.807, 2.05) is 62.4 Å². The van der Waals surface area contributed by atoms with Gasteiger partial charge in [-0.3, -0.25) is 0 Å². The van der Waals surface area contributed by atoms with Gasteiger partial charge < -0.3 is 14.0 Å². The van der Waals surface area contributed by atoms with E-state index in [9.17, 15) is 4.79 Å². The van der Waals surface area contributed by atoms with E-state index in [2.05, 4.69) is 10.1 Å². The fraction of sp³-hybridized carbons (Fsp3) is 0.261. The topological polar surface area (TPSA) is 79.4 Å². The lowest BCUT2D eigenvalue weighted by Crippen LogP contribution is -2.19. The Morgan fingerprint density at radius 1 is 1.13 bits per heavy atom. The van der Waals surface area contributed by atoms with Crippen LogP contribution in [0, 0.1) is 6.92 Å². The number of ether oxygens (including phenoxy) is 1. The largest absolute Gasteiger partial charge is 0.492 e. The number of rotatable bonds is 8. The van der Waals surface area contributed by atoms with Crippen LogP contribution in [0.2, 0.25) is 0 Å². The summed E-state index contributed by atoms with van der Waals surface area (Å²) in [7, 11) is 0. The molecule has 0 aliphatic rings. The molecular weight excluding hydrogens is 382 g/mol. The molecule has 154 valence electrons. The Kier molecular flexibility index (Phi) is 5.79. The first-order valence-electron chi connectivity index (χ1n) is 9.98. The summed E-state index contributed by atoms with van der Waals surface area (Å²) in [6.07, 6.45) is 3.34. The van der Waals surface area contributed by atoms with Crippen molar-refractivity contribution in [1.82, 2.24) is 14.9 Å². The highest BCUT2D eigenvalue weighted by atomic mass is 16.7. The second-order valence-electron chi connectivity index (χ2n) is 6.92. The number of hydrogen-bond donors (Lipinski definition) is 0. The Morgan fingerprint density at radius 3 is 2.77 bits per heavy atom. The number of fused-ring (bicyclic) bond motifs is 1. The molecule has 2 aromatic carbocycles. The molecule has 0 amide bonds. The van der Waals surface area contributed by atoms with Crippen LogP contribution in [-0.4, -0.2) is 27.5 Å². The molecule has 0 radical (unpaired) electrons. The number of aryl methyl sites for hydroxylation is 1. The standard InChI is InChI=1S/C23H23N3O4/c1-3-8-22(27)30-26-15-18-20(25-26)11-7-12-21(18)28-14-13-19-16(2)29-23(24-19)17-9-5-4-6-10-17/h4-7,9-12,15H,3,8,13-14H2,1-2H3. The van der Waals surface area contributed by atoms with E-state index < -0.39 is 0 Å². The SMILES string of the molecule is CCCC(=O)On1cc2c(OCCc3nc(-c4ccccc4)oc3C)cccc2n1. The maximum Gasteiger partial charge on any atom is 0.334 e. The molecule has 0 unspecified atom stereocenters. The summed E-state index contributed by atoms with van der Waals surface area (Å²) >= 11 is 0. The summed E-state index contributed by atoms with van der Waals surface area (Å²) in [5.74, 6) is 1.75. The molecular formula is C23H23N3O4. The summed E-state index contributed by atoms with van der Waals surface area (Å²) < 4.78 is 11.8. The lowest BCUT2D eigenvalue weighted by Gasteiger charge is -2.05. The van der Waals surface area contributed by atoms with Gasteiger partial charge in [-0.25, -0.2) is 9.78 Å². The molecule has 0 atom stereocenters. The molecule has 0 bridgehead atoms. The number of oxazole rings is 1. The monoisotopic (exact) mass is 405 g/mol. The number of nitrogens with zero attached hydrogens (tertiary/aromatic N) is 3. The van der Waals surface area contributed by atoms with Crippen molar-refractivity contribution in [2.24, 2.45) is 0 Å². The van der Waals surface area contributed by atoms with Gasteiger partial charge in [0.1, 0.15) is 11.5 Å². The molecule has 2 aromatic heterocycles. The first-order chi connectivity index (χ1) is 14.6. The minimum atomic E-state index is -0.316. The summed E-state index contributed by atoms with van der Waals surface area (Å²) in [5.41, 5.74) is 2.51. The smallest absolute Gasteiger partial charge is 0.334 e. The van der Waals surface area contributed by atoms with Crippen molar-refractivity contribution in [3.63, 3.8) is 0 Å². The van der Waals surface area contributed by atoms with Crippen LogP contribution in [0.5, 0.6) is 5.75 Å². The quantitative estimate of drug-likeness (QED) is 0.433. The lowest BCUT2D eigenvalue weighted by molar-refractivity contribution is -0.145. The Labute approximate surface area is 174 Å². The van der Waals surface area contributed by atoms with Gasteiger partial charge >= 0.3 is 5.97 Å². The van der Waals surface area contributed by atoms with Gasteiger partial charge in [-0.2, -0.15) is 0 Å². The minimum Gasteiger partial charge on any atom is -0.492 e. The maximum atomic E-state index is 11.7. The van der Waals surface area contributed by atoms with Gasteiger partial charge in [0.05, 0.1) is 29.4 Å². The molecule has 0 spiro atoms. The Balaban J connectivity index is 1.43. The Morgan fingerprint density at radius 2 is 1.97 bits per heavy atom. The van der Waals surface area contributed by atoms with Crippen LogP contribution < -0.4 is 9.57 Å². The zero-order valence-electron chi connectivity index (χ0n) is 17.0. The van der Waals surface area contributed by atoms with Crippen molar-refractivity contribution < 1.29 is 18.8 Å². The van der Waals surface area contributed by atoms with Crippen molar-refractivity contribution in [2.45, 2.75) is 33.1 Å². The second kappa shape index (κ2) is 8.82. The van der Waals surface area contributed by atoms with E-state index in [4.69, 9.17) is 14.0 Å². The van der Waals surface area contributed by atoms with Crippen molar-refractivity contribution in [3.8, 4) is 17.2 Å². The van der Waals surface area contributed by atoms with Crippen LogP contribution in [0.3, 0.4) is 0 Å². The zero-order valence-corrected chi connectivity index (χ0v) is 17.0. The number of carbonyl (C=O) groups excluding carboxylic acids is 1. The highest BCUT2D eigenvalue weighted by Crippen LogP contribution is 2.25. The maximum absolute atomic E-state index is 11.7. The predicted octanol–water partition coefficient (Wildman–Crippen LogP) is 4.38. The molecule has 4 aromatic rings. The summed E-state index contributed by atoms with van der Waals surface area (Å²) in [4.78, 5) is 22.7. The van der Waals surface area contributed by atoms with Gasteiger partial charge in [0.15, 0.2) is 0 Å². The first-order valence-corrected chi connectivity index (χ1v) is 9.98. The third-order valence-corrected chi connectivity index (χ3v) is 4.65. The summed E-state index contributed by atoms with van der Waals surface area (Å²) in [6, 6.07) is 15.4. The Bertz CT molecular complexity index is 1150. The average molecular weight is 405 g/mol. The van der Waals surface area contributed by atoms with Gasteiger partial charge in [-0.1, -0.05) is 36.0 Å². The highest BCUT2D eigenvalue weighted by molar-refractivity contribution is 5.84. The van der Waals surface area contributed by atoms with Gasteiger partial charge in [0.25, 0.3) is 0 Å². The van der Waals surface area contributed by atoms with Crippen LogP contribution in [0.1, 0.15) is 31.2 Å². The van der Waals surface area contributed by atoms with Gasteiger partial charge in [0.2, 0.25) is 5.89 Å². The van der Waals surface area contributed by atoms with Crippen molar-refractivity contribution in [3.05, 3.63) is 66.2 Å². The normalized spacial score (nSPS) is 11.0. The predicted molar refractivity (Wildman–Crippen MR) is 112 cm³/mol. The third kappa shape index (κ3) is 4.35. The average Bonchev–Trinajstić information content (AvgIpc) is 3.32. The molecule has 30 heavy (non-hydrogen) atoms. The number of carbonyl (C=O) groups is 1. The molecule has 0 aliphatic carbocycles. The molecule has 4 rings (SSSR count). The molecule has 0 saturated heterocycles. The fourth-order valence-electron chi connectivity index (χ4n) is 3.14. The molecule has 7 heteroatoms. The number of hydrogen-bond acceptors (Lipinski definition) is 6. The molecule has 2 heterocycles. The highest BCUT2D eigenvalue weighted by Gasteiger charge is 2.13. The minimum absolute atomic E-state index is 0.316. The van der Waals surface area contributed by atoms with Crippen LogP contribution >= 0.6 is 0 Å². The fourth-order valence-corrected chi connectivity index (χ4v) is 3.14. The van der Waals surface area contributed by atoms with E-state index in [0.717, 1.165) is 28.8 Å². The Hall–Kier alpha value is -3.61. The van der Waals surface area contributed by atoms with E-state index in [0.29, 0.717) is 36.6 Å². The van der Waals surface area contributed by atoms with Gasteiger partial charge in [0, 0.05) is 18.4 Å². The van der Waals surface area contributed by atoms with E-state index in [1.54, 1.807) is 6.20 Å². The molecule has 0 saturated carbocycles. The van der Waals surface area contributed by atoms with Gasteiger partial charge in [-0.05, 0) is 37.6 Å². The molecule has 0 fully saturated rings. The van der Waals surface area contributed by atoms with Crippen LogP contribution in [0.4, 0.5) is 0 Å². The number of aromatic nitrogens is 3. The molecule has 7 nitrogen and oxygen atoms in total. The van der Waals surface area contributed by atoms with E-state index >= 15 is 0 Å². The molecule has 0 aliphatic heterocycles. The zero-order chi connectivity index (χ0) is 20.9. The van der Waals surface area contributed by atoms with Crippen molar-refractivity contribution in [1.29, 1.82) is 0 Å². The van der Waals surface area contributed by atoms with Crippen molar-refractivity contribution in [2.75, 3.05) is 6.61 Å². The number of benzene rings is 2. The van der Waals surface area contributed by atoms with Crippen LogP contribution in [0.15, 0.2) is 59.1 Å². The third-order valence-electron chi connectivity index (χ3n) is 4.65. The van der Waals surface area contributed by atoms with Crippen molar-refractivity contribution >= 4 is 16.9 Å². The second-order valence-corrected chi connectivity index (χ2v) is 6.92. The van der Waals surface area contributed by atoms with Crippen LogP contribution in [-0.2, 0) is 11.2 Å². The summed E-state index contributed by atoms with van der Waals surface area (Å²) in [5, 5.41) is 5.06. The molecule has 0 N–H and O–H groups in total. The van der Waals surface area contributed by atoms with E-state index in [1.165, 1.54) is 4.85 Å².